The van der Waals surface area contributed by atoms with Crippen molar-refractivity contribution in [3.63, 3.8) is 0 Å². The van der Waals surface area contributed by atoms with Crippen LogP contribution in [0.15, 0.2) is 42.5 Å². The van der Waals surface area contributed by atoms with Gasteiger partial charge in [0.05, 0.1) is 0 Å². The summed E-state index contributed by atoms with van der Waals surface area (Å²) in [5.74, 6) is 0.188. The average Bonchev–Trinajstić information content (AvgIpc) is 2.61. The van der Waals surface area contributed by atoms with Gasteiger partial charge in [-0.05, 0) is 49.7 Å². The fourth-order valence-electron chi connectivity index (χ4n) is 3.41. The minimum atomic E-state index is 0.188. The van der Waals surface area contributed by atoms with Gasteiger partial charge in [-0.2, -0.15) is 0 Å². The zero-order chi connectivity index (χ0) is 17.8. The first-order valence-corrected chi connectivity index (χ1v) is 9.24. The first-order valence-electron chi connectivity index (χ1n) is 8.86. The molecule has 0 bridgehead atoms. The maximum atomic E-state index is 12.3. The van der Waals surface area contributed by atoms with Gasteiger partial charge in [-0.1, -0.05) is 29.3 Å². The smallest absolute Gasteiger partial charge is 0.164 e. The zero-order valence-electron chi connectivity index (χ0n) is 15.0. The molecule has 132 valence electrons. The quantitative estimate of drug-likeness (QED) is 0.744. The number of hydrogen-bond donors (Lipinski definition) is 0. The van der Waals surface area contributed by atoms with E-state index in [1.807, 2.05) is 12.1 Å². The van der Waals surface area contributed by atoms with Crippen molar-refractivity contribution < 1.29 is 4.79 Å². The Balaban J connectivity index is 1.49. The Labute approximate surface area is 155 Å². The molecule has 1 fully saturated rings. The summed E-state index contributed by atoms with van der Waals surface area (Å²) in [7, 11) is 0. The zero-order valence-corrected chi connectivity index (χ0v) is 15.7. The highest BCUT2D eigenvalue weighted by molar-refractivity contribution is 6.30. The number of rotatable bonds is 5. The maximum Gasteiger partial charge on any atom is 0.164 e. The third-order valence-corrected chi connectivity index (χ3v) is 5.14. The molecule has 25 heavy (non-hydrogen) atoms. The van der Waals surface area contributed by atoms with Crippen molar-refractivity contribution in [2.24, 2.45) is 0 Å². The molecule has 0 saturated carbocycles. The van der Waals surface area contributed by atoms with Crippen LogP contribution in [0.25, 0.3) is 0 Å². The normalized spacial score (nSPS) is 15.4. The molecule has 0 aromatic heterocycles. The van der Waals surface area contributed by atoms with E-state index in [0.29, 0.717) is 11.4 Å². The SMILES string of the molecule is Cc1ccc(N2CCN(CCC(=O)c3ccc(Cl)cc3)CC2)c(C)c1. The van der Waals surface area contributed by atoms with Crippen molar-refractivity contribution in [1.29, 1.82) is 0 Å². The van der Waals surface area contributed by atoms with Gasteiger partial charge in [0.1, 0.15) is 0 Å². The summed E-state index contributed by atoms with van der Waals surface area (Å²) in [6, 6.07) is 13.8. The molecule has 0 N–H and O–H groups in total. The number of aryl methyl sites for hydroxylation is 2. The summed E-state index contributed by atoms with van der Waals surface area (Å²) >= 11 is 5.87. The Morgan fingerprint density at radius 2 is 1.68 bits per heavy atom. The van der Waals surface area contributed by atoms with Crippen molar-refractivity contribution in [1.82, 2.24) is 4.90 Å². The van der Waals surface area contributed by atoms with Crippen molar-refractivity contribution in [2.45, 2.75) is 20.3 Å². The molecule has 3 rings (SSSR count). The molecule has 1 heterocycles. The molecule has 0 aliphatic carbocycles. The Morgan fingerprint density at radius 3 is 2.32 bits per heavy atom. The van der Waals surface area contributed by atoms with E-state index in [0.717, 1.165) is 38.3 Å². The largest absolute Gasteiger partial charge is 0.369 e. The van der Waals surface area contributed by atoms with Gasteiger partial charge < -0.3 is 4.90 Å². The van der Waals surface area contributed by atoms with Crippen LogP contribution in [-0.2, 0) is 0 Å². The van der Waals surface area contributed by atoms with Gasteiger partial charge in [0.25, 0.3) is 0 Å². The van der Waals surface area contributed by atoms with Crippen LogP contribution in [0.1, 0.15) is 27.9 Å². The van der Waals surface area contributed by atoms with Gasteiger partial charge in [0.15, 0.2) is 5.78 Å². The summed E-state index contributed by atoms with van der Waals surface area (Å²) in [5.41, 5.74) is 4.73. The Kier molecular flexibility index (Phi) is 5.77. The number of halogens is 1. The highest BCUT2D eigenvalue weighted by Crippen LogP contribution is 2.22. The lowest BCUT2D eigenvalue weighted by Gasteiger charge is -2.36. The predicted octanol–water partition coefficient (Wildman–Crippen LogP) is 4.35. The summed E-state index contributed by atoms with van der Waals surface area (Å²) in [5, 5.41) is 0.666. The molecule has 0 amide bonds. The van der Waals surface area contributed by atoms with Crippen LogP contribution in [-0.4, -0.2) is 43.4 Å². The van der Waals surface area contributed by atoms with E-state index < -0.39 is 0 Å². The molecule has 1 aliphatic rings. The number of anilines is 1. The highest BCUT2D eigenvalue weighted by Gasteiger charge is 2.19. The van der Waals surface area contributed by atoms with E-state index in [4.69, 9.17) is 11.6 Å². The van der Waals surface area contributed by atoms with Crippen LogP contribution >= 0.6 is 11.6 Å². The van der Waals surface area contributed by atoms with Crippen molar-refractivity contribution in [2.75, 3.05) is 37.6 Å². The molecule has 0 spiro atoms. The van der Waals surface area contributed by atoms with E-state index in [1.165, 1.54) is 16.8 Å². The van der Waals surface area contributed by atoms with E-state index in [1.54, 1.807) is 12.1 Å². The van der Waals surface area contributed by atoms with Crippen molar-refractivity contribution in [3.05, 3.63) is 64.2 Å². The Morgan fingerprint density at radius 1 is 1.00 bits per heavy atom. The lowest BCUT2D eigenvalue weighted by atomic mass is 10.1. The number of ketones is 1. The first kappa shape index (κ1) is 18.0. The van der Waals surface area contributed by atoms with E-state index in [-0.39, 0.29) is 5.78 Å². The first-order chi connectivity index (χ1) is 12.0. The minimum Gasteiger partial charge on any atom is -0.369 e. The third-order valence-electron chi connectivity index (χ3n) is 4.89. The van der Waals surface area contributed by atoms with Gasteiger partial charge in [-0.25, -0.2) is 0 Å². The lowest BCUT2D eigenvalue weighted by Crippen LogP contribution is -2.47. The molecule has 0 radical (unpaired) electrons. The molecule has 1 aliphatic heterocycles. The number of Topliss-reactive ketones (excluding diaryl/α,β-unsaturated/α-hetero) is 1. The van der Waals surface area contributed by atoms with Crippen LogP contribution in [0, 0.1) is 13.8 Å². The summed E-state index contributed by atoms with van der Waals surface area (Å²) < 4.78 is 0. The fourth-order valence-corrected chi connectivity index (χ4v) is 3.54. The van der Waals surface area contributed by atoms with E-state index >= 15 is 0 Å². The lowest BCUT2D eigenvalue weighted by molar-refractivity contribution is 0.0962. The number of benzene rings is 2. The monoisotopic (exact) mass is 356 g/mol. The number of nitrogens with zero attached hydrogens (tertiary/aromatic N) is 2. The number of hydrogen-bond acceptors (Lipinski definition) is 3. The van der Waals surface area contributed by atoms with Gasteiger partial charge in [0, 0.05) is 55.4 Å². The van der Waals surface area contributed by atoms with Crippen LogP contribution < -0.4 is 4.90 Å². The summed E-state index contributed by atoms with van der Waals surface area (Å²) in [6.45, 7) is 9.16. The predicted molar refractivity (Wildman–Crippen MR) is 105 cm³/mol. The number of carbonyl (C=O) groups is 1. The van der Waals surface area contributed by atoms with Crippen LogP contribution in [0.2, 0.25) is 5.02 Å². The average molecular weight is 357 g/mol. The molecule has 2 aromatic carbocycles. The molecule has 2 aromatic rings. The molecular formula is C21H25ClN2O. The van der Waals surface area contributed by atoms with Gasteiger partial charge in [-0.3, -0.25) is 9.69 Å². The summed E-state index contributed by atoms with van der Waals surface area (Å²) in [4.78, 5) is 17.1. The fraction of sp³-hybridized carbons (Fsp3) is 0.381. The second kappa shape index (κ2) is 8.03. The van der Waals surface area contributed by atoms with Crippen LogP contribution in [0.5, 0.6) is 0 Å². The van der Waals surface area contributed by atoms with E-state index in [9.17, 15) is 4.79 Å². The maximum absolute atomic E-state index is 12.3. The van der Waals surface area contributed by atoms with Crippen molar-refractivity contribution >= 4 is 23.1 Å². The standard InChI is InChI=1S/C21H25ClN2O/c1-16-3-8-20(17(2)15-16)24-13-11-23(12-14-24)10-9-21(25)18-4-6-19(22)7-5-18/h3-8,15H,9-14H2,1-2H3. The topological polar surface area (TPSA) is 23.6 Å². The highest BCUT2D eigenvalue weighted by atomic mass is 35.5. The third kappa shape index (κ3) is 4.62. The van der Waals surface area contributed by atoms with Gasteiger partial charge in [-0.15, -0.1) is 0 Å². The van der Waals surface area contributed by atoms with Crippen molar-refractivity contribution in [3.8, 4) is 0 Å². The second-order valence-electron chi connectivity index (χ2n) is 6.80. The molecule has 4 heteroatoms. The Bertz CT molecular complexity index is 734. The number of carbonyl (C=O) groups excluding carboxylic acids is 1. The van der Waals surface area contributed by atoms with Gasteiger partial charge in [0.2, 0.25) is 0 Å². The van der Waals surface area contributed by atoms with E-state index in [2.05, 4.69) is 41.8 Å². The minimum absolute atomic E-state index is 0.188. The molecule has 0 unspecified atom stereocenters. The molecule has 3 nitrogen and oxygen atoms in total. The van der Waals surface area contributed by atoms with Crippen LogP contribution in [0.4, 0.5) is 5.69 Å². The molecule has 1 saturated heterocycles. The molecule has 0 atom stereocenters. The summed E-state index contributed by atoms with van der Waals surface area (Å²) in [6.07, 6.45) is 0.561. The second-order valence-corrected chi connectivity index (χ2v) is 7.24. The van der Waals surface area contributed by atoms with Gasteiger partial charge >= 0.3 is 0 Å². The molecular weight excluding hydrogens is 332 g/mol. The number of piperazine rings is 1. The van der Waals surface area contributed by atoms with Crippen LogP contribution in [0.3, 0.4) is 0 Å². The Hall–Kier alpha value is -1.84.